The maximum absolute atomic E-state index is 10.2. The summed E-state index contributed by atoms with van der Waals surface area (Å²) in [4.78, 5) is 2.48. The summed E-state index contributed by atoms with van der Waals surface area (Å²) < 4.78 is 0. The number of hydrogen-bond donors (Lipinski definition) is 1. The lowest BCUT2D eigenvalue weighted by molar-refractivity contribution is 0.120. The highest BCUT2D eigenvalue weighted by molar-refractivity contribution is 5.34. The highest BCUT2D eigenvalue weighted by Crippen LogP contribution is 2.32. The molecule has 0 unspecified atom stereocenters. The van der Waals surface area contributed by atoms with Crippen LogP contribution in [0, 0.1) is 0 Å². The molecule has 0 bridgehead atoms. The molecule has 3 aromatic rings. The van der Waals surface area contributed by atoms with E-state index in [1.165, 1.54) is 22.3 Å². The van der Waals surface area contributed by atoms with Crippen LogP contribution in [0.5, 0.6) is 0 Å². The van der Waals surface area contributed by atoms with Crippen molar-refractivity contribution in [2.24, 2.45) is 0 Å². The fourth-order valence-corrected chi connectivity index (χ4v) is 4.36. The first-order valence-electron chi connectivity index (χ1n) is 9.86. The Morgan fingerprint density at radius 2 is 1.52 bits per heavy atom. The topological polar surface area (TPSA) is 23.5 Å². The van der Waals surface area contributed by atoms with Crippen LogP contribution < -0.4 is 0 Å². The van der Waals surface area contributed by atoms with Crippen molar-refractivity contribution in [2.75, 3.05) is 19.7 Å². The Hall–Kier alpha value is -2.42. The van der Waals surface area contributed by atoms with Crippen LogP contribution in [0.2, 0.25) is 0 Å². The van der Waals surface area contributed by atoms with Crippen LogP contribution >= 0.6 is 0 Å². The number of rotatable bonds is 5. The molecule has 0 fully saturated rings. The molecule has 0 aliphatic carbocycles. The van der Waals surface area contributed by atoms with Crippen LogP contribution in [-0.4, -0.2) is 29.7 Å². The minimum Gasteiger partial charge on any atom is -0.394 e. The number of aliphatic hydroxyl groups is 1. The molecule has 2 atom stereocenters. The molecule has 0 saturated heterocycles. The van der Waals surface area contributed by atoms with Gasteiger partial charge in [-0.05, 0) is 35.1 Å². The summed E-state index contributed by atoms with van der Waals surface area (Å²) >= 11 is 0. The van der Waals surface area contributed by atoms with Gasteiger partial charge in [0.05, 0.1) is 12.6 Å². The van der Waals surface area contributed by atoms with Crippen LogP contribution in [-0.2, 0) is 12.8 Å². The molecule has 2 heteroatoms. The molecule has 2 nitrogen and oxygen atoms in total. The van der Waals surface area contributed by atoms with Gasteiger partial charge in [-0.1, -0.05) is 84.9 Å². The first-order chi connectivity index (χ1) is 13.3. The average Bonchev–Trinajstić information content (AvgIpc) is 2.90. The van der Waals surface area contributed by atoms with Crippen molar-refractivity contribution in [3.8, 4) is 0 Å². The number of benzene rings is 3. The van der Waals surface area contributed by atoms with Crippen molar-refractivity contribution in [1.82, 2.24) is 4.90 Å². The Balaban J connectivity index is 1.65. The van der Waals surface area contributed by atoms with Gasteiger partial charge in [0, 0.05) is 19.0 Å². The summed E-state index contributed by atoms with van der Waals surface area (Å²) in [5.41, 5.74) is 5.49. The number of hydrogen-bond acceptors (Lipinski definition) is 2. The van der Waals surface area contributed by atoms with Crippen LogP contribution in [0.15, 0.2) is 84.9 Å². The van der Waals surface area contributed by atoms with Crippen molar-refractivity contribution < 1.29 is 5.11 Å². The van der Waals surface area contributed by atoms with Crippen LogP contribution in [0.25, 0.3) is 0 Å². The number of fused-ring (bicyclic) bond motifs is 1. The zero-order valence-electron chi connectivity index (χ0n) is 15.7. The van der Waals surface area contributed by atoms with E-state index in [9.17, 15) is 5.11 Å². The Kier molecular flexibility index (Phi) is 5.66. The van der Waals surface area contributed by atoms with E-state index in [0.717, 1.165) is 25.9 Å². The molecular weight excluding hydrogens is 330 g/mol. The summed E-state index contributed by atoms with van der Waals surface area (Å²) in [7, 11) is 0. The standard InChI is InChI=1S/C25H27NO/c27-19-25(22-12-5-2-6-13-22)26-16-15-21-11-7-8-14-24(21)23(18-26)17-20-9-3-1-4-10-20/h1-14,23,25,27H,15-19H2/t23-,25-/m0/s1. The van der Waals surface area contributed by atoms with E-state index in [1.54, 1.807) is 0 Å². The molecule has 1 aliphatic heterocycles. The van der Waals surface area contributed by atoms with Gasteiger partial charge < -0.3 is 5.11 Å². The molecule has 0 radical (unpaired) electrons. The highest BCUT2D eigenvalue weighted by Gasteiger charge is 2.28. The molecular formula is C25H27NO. The fraction of sp³-hybridized carbons (Fsp3) is 0.280. The molecule has 27 heavy (non-hydrogen) atoms. The fourth-order valence-electron chi connectivity index (χ4n) is 4.36. The van der Waals surface area contributed by atoms with Gasteiger partial charge in [0.1, 0.15) is 0 Å². The van der Waals surface area contributed by atoms with E-state index >= 15 is 0 Å². The predicted octanol–water partition coefficient (Wildman–Crippen LogP) is 4.60. The third-order valence-corrected chi connectivity index (χ3v) is 5.74. The first-order valence-corrected chi connectivity index (χ1v) is 9.86. The third-order valence-electron chi connectivity index (χ3n) is 5.74. The molecule has 3 aromatic carbocycles. The molecule has 4 rings (SSSR count). The Labute approximate surface area is 162 Å². The summed E-state index contributed by atoms with van der Waals surface area (Å²) in [6.07, 6.45) is 2.06. The molecule has 1 N–H and O–H groups in total. The second kappa shape index (κ2) is 8.51. The third kappa shape index (κ3) is 4.13. The Morgan fingerprint density at radius 3 is 2.26 bits per heavy atom. The summed E-state index contributed by atoms with van der Waals surface area (Å²) in [5.74, 6) is 0.434. The van der Waals surface area contributed by atoms with Crippen LogP contribution in [0.4, 0.5) is 0 Å². The largest absolute Gasteiger partial charge is 0.394 e. The lowest BCUT2D eigenvalue weighted by Gasteiger charge is -2.32. The lowest BCUT2D eigenvalue weighted by Crippen LogP contribution is -2.35. The van der Waals surface area contributed by atoms with Gasteiger partial charge in [-0.25, -0.2) is 0 Å². The highest BCUT2D eigenvalue weighted by atomic mass is 16.3. The number of aliphatic hydroxyl groups excluding tert-OH is 1. The maximum atomic E-state index is 10.2. The van der Waals surface area contributed by atoms with Crippen molar-refractivity contribution in [3.63, 3.8) is 0 Å². The van der Waals surface area contributed by atoms with E-state index in [4.69, 9.17) is 0 Å². The van der Waals surface area contributed by atoms with Gasteiger partial charge in [0.2, 0.25) is 0 Å². The smallest absolute Gasteiger partial charge is 0.0628 e. The molecule has 0 saturated carbocycles. The zero-order valence-corrected chi connectivity index (χ0v) is 15.7. The lowest BCUT2D eigenvalue weighted by atomic mass is 9.88. The summed E-state index contributed by atoms with van der Waals surface area (Å²) in [6.45, 7) is 2.09. The van der Waals surface area contributed by atoms with E-state index in [-0.39, 0.29) is 12.6 Å². The first kappa shape index (κ1) is 18.0. The molecule has 1 aliphatic rings. The van der Waals surface area contributed by atoms with Gasteiger partial charge in [0.15, 0.2) is 0 Å². The normalized spacial score (nSPS) is 18.5. The minimum absolute atomic E-state index is 0.0544. The molecule has 138 valence electrons. The van der Waals surface area contributed by atoms with Gasteiger partial charge in [-0.2, -0.15) is 0 Å². The monoisotopic (exact) mass is 357 g/mol. The second-order valence-corrected chi connectivity index (χ2v) is 7.44. The van der Waals surface area contributed by atoms with E-state index in [2.05, 4.69) is 83.8 Å². The summed E-state index contributed by atoms with van der Waals surface area (Å²) in [5, 5.41) is 10.2. The van der Waals surface area contributed by atoms with Gasteiger partial charge in [-0.15, -0.1) is 0 Å². The second-order valence-electron chi connectivity index (χ2n) is 7.44. The Bertz CT molecular complexity index is 846. The number of nitrogens with zero attached hydrogens (tertiary/aromatic N) is 1. The van der Waals surface area contributed by atoms with E-state index in [1.807, 2.05) is 6.07 Å². The predicted molar refractivity (Wildman–Crippen MR) is 111 cm³/mol. The van der Waals surface area contributed by atoms with Gasteiger partial charge in [-0.3, -0.25) is 4.90 Å². The van der Waals surface area contributed by atoms with Gasteiger partial charge >= 0.3 is 0 Å². The molecule has 0 aromatic heterocycles. The Morgan fingerprint density at radius 1 is 0.852 bits per heavy atom. The van der Waals surface area contributed by atoms with Crippen molar-refractivity contribution in [3.05, 3.63) is 107 Å². The van der Waals surface area contributed by atoms with Crippen molar-refractivity contribution in [2.45, 2.75) is 24.8 Å². The van der Waals surface area contributed by atoms with E-state index < -0.39 is 0 Å². The zero-order chi connectivity index (χ0) is 18.5. The molecule has 1 heterocycles. The van der Waals surface area contributed by atoms with Crippen molar-refractivity contribution in [1.29, 1.82) is 0 Å². The van der Waals surface area contributed by atoms with Crippen LogP contribution in [0.3, 0.4) is 0 Å². The van der Waals surface area contributed by atoms with Gasteiger partial charge in [0.25, 0.3) is 0 Å². The van der Waals surface area contributed by atoms with Crippen LogP contribution in [0.1, 0.15) is 34.2 Å². The molecule has 0 spiro atoms. The average molecular weight is 357 g/mol. The van der Waals surface area contributed by atoms with Crippen molar-refractivity contribution >= 4 is 0 Å². The quantitative estimate of drug-likeness (QED) is 0.721. The molecule has 0 amide bonds. The maximum Gasteiger partial charge on any atom is 0.0628 e. The SMILES string of the molecule is OC[C@@H](c1ccccc1)N1CCc2ccccc2[C@@H](Cc2ccccc2)C1. The minimum atomic E-state index is 0.0544. The summed E-state index contributed by atoms with van der Waals surface area (Å²) in [6, 6.07) is 30.1. The van der Waals surface area contributed by atoms with E-state index in [0.29, 0.717) is 5.92 Å².